The predicted molar refractivity (Wildman–Crippen MR) is 225 cm³/mol. The molecule has 4 aromatic carbocycles. The quantitative estimate of drug-likeness (QED) is 0.0612. The normalized spacial score (nSPS) is 24.4. The van der Waals surface area contributed by atoms with Gasteiger partial charge in [-0.05, 0) is 109 Å². The number of likely N-dealkylation sites (N-methyl/N-ethyl adjacent to an activating group) is 1. The van der Waals surface area contributed by atoms with Gasteiger partial charge in [0.2, 0.25) is 12.6 Å². The van der Waals surface area contributed by atoms with Gasteiger partial charge in [0.25, 0.3) is 5.91 Å². The third kappa shape index (κ3) is 7.91. The molecule has 11 nitrogen and oxygen atoms in total. The second-order valence-corrected chi connectivity index (χ2v) is 15.8. The summed E-state index contributed by atoms with van der Waals surface area (Å²) >= 11 is 0. The van der Waals surface area contributed by atoms with Crippen molar-refractivity contribution in [1.29, 1.82) is 0 Å². The minimum atomic E-state index is -1.37. The average Bonchev–Trinajstić information content (AvgIpc) is 3.74. The fourth-order valence-corrected chi connectivity index (χ4v) is 9.68. The minimum absolute atomic E-state index is 0.0845. The molecule has 0 bridgehead atoms. The number of carbonyl (C=O) groups is 1. The molecule has 0 radical (unpaired) electrons. The minimum Gasteiger partial charge on any atom is -0.459 e. The summed E-state index contributed by atoms with van der Waals surface area (Å²) in [4.78, 5) is 22.2. The fourth-order valence-electron chi connectivity index (χ4n) is 9.68. The zero-order valence-corrected chi connectivity index (χ0v) is 33.9. The molecule has 310 valence electrons. The molecule has 11 heteroatoms. The van der Waals surface area contributed by atoms with Gasteiger partial charge in [0.05, 0.1) is 18.2 Å². The van der Waals surface area contributed by atoms with Crippen molar-refractivity contribution in [2.24, 2.45) is 22.9 Å². The van der Waals surface area contributed by atoms with E-state index in [4.69, 9.17) is 33.7 Å². The Kier molecular flexibility index (Phi) is 12.2. The van der Waals surface area contributed by atoms with Crippen molar-refractivity contribution < 1.29 is 43.5 Å². The lowest BCUT2D eigenvalue weighted by atomic mass is 9.55. The Morgan fingerprint density at radius 1 is 0.915 bits per heavy atom. The highest BCUT2D eigenvalue weighted by Gasteiger charge is 2.65. The first-order valence-corrected chi connectivity index (χ1v) is 20.9. The number of ether oxygens (including phenoxy) is 5. The van der Waals surface area contributed by atoms with Gasteiger partial charge < -0.3 is 43.6 Å². The molecule has 2 heterocycles. The SMILES string of the molecule is C=CCO[C@@]12Oc3ccc(Oc4ccc5ccccc5c4)cc3[C@H]3[C@H](CCCCO)[C@@H](CCCCO)C=C(C(=NOCC)C[C@@H]1N(C)C(=O)c1ccc4c(c1)OCO4)[C@H]32. The highest BCUT2D eigenvalue weighted by molar-refractivity contribution is 6.03. The van der Waals surface area contributed by atoms with Crippen LogP contribution >= 0.6 is 0 Å². The van der Waals surface area contributed by atoms with Crippen LogP contribution in [-0.4, -0.2) is 78.8 Å². The molecule has 0 unspecified atom stereocenters. The van der Waals surface area contributed by atoms with E-state index in [1.807, 2.05) is 43.3 Å². The summed E-state index contributed by atoms with van der Waals surface area (Å²) in [6.45, 7) is 6.79. The largest absolute Gasteiger partial charge is 0.459 e. The summed E-state index contributed by atoms with van der Waals surface area (Å²) in [7, 11) is 1.79. The van der Waals surface area contributed by atoms with Crippen LogP contribution in [-0.2, 0) is 9.57 Å². The fraction of sp³-hybridized carbons (Fsp3) is 0.417. The Labute approximate surface area is 345 Å². The van der Waals surface area contributed by atoms with Crippen LogP contribution in [0.1, 0.15) is 73.7 Å². The zero-order valence-electron chi connectivity index (χ0n) is 33.9. The van der Waals surface area contributed by atoms with Crippen molar-refractivity contribution in [2.75, 3.05) is 40.3 Å². The third-order valence-corrected chi connectivity index (χ3v) is 12.3. The lowest BCUT2D eigenvalue weighted by Crippen LogP contribution is -2.69. The monoisotopic (exact) mass is 802 g/mol. The van der Waals surface area contributed by atoms with Crippen LogP contribution in [0.5, 0.6) is 28.7 Å². The molecule has 2 N–H and O–H groups in total. The number of hydrogen-bond acceptors (Lipinski definition) is 10. The lowest BCUT2D eigenvalue weighted by molar-refractivity contribution is -0.252. The van der Waals surface area contributed by atoms with Gasteiger partial charge in [0, 0.05) is 43.7 Å². The number of nitrogens with zero attached hydrogens (tertiary/aromatic N) is 2. The van der Waals surface area contributed by atoms with E-state index in [0.717, 1.165) is 59.1 Å². The van der Waals surface area contributed by atoms with Gasteiger partial charge in [-0.1, -0.05) is 60.5 Å². The molecular formula is C48H54N2O9. The zero-order chi connectivity index (χ0) is 40.9. The Morgan fingerprint density at radius 2 is 1.66 bits per heavy atom. The summed E-state index contributed by atoms with van der Waals surface area (Å²) in [5, 5.41) is 26.8. The summed E-state index contributed by atoms with van der Waals surface area (Å²) in [5.41, 5.74) is 3.15. The molecule has 1 amide bonds. The summed E-state index contributed by atoms with van der Waals surface area (Å²) < 4.78 is 32.1. The van der Waals surface area contributed by atoms with E-state index in [9.17, 15) is 15.0 Å². The maximum Gasteiger partial charge on any atom is 0.254 e. The average molecular weight is 803 g/mol. The number of carbonyl (C=O) groups excluding carboxylic acids is 1. The number of rotatable bonds is 17. The molecule has 4 aliphatic rings. The number of oxime groups is 1. The maximum atomic E-state index is 14.6. The second kappa shape index (κ2) is 17.9. The highest BCUT2D eigenvalue weighted by atomic mass is 16.7. The predicted octanol–water partition coefficient (Wildman–Crippen LogP) is 8.79. The van der Waals surface area contributed by atoms with Gasteiger partial charge in [0.15, 0.2) is 11.5 Å². The number of benzene rings is 4. The van der Waals surface area contributed by atoms with E-state index < -0.39 is 17.7 Å². The molecule has 1 saturated carbocycles. The number of aliphatic hydroxyl groups excluding tert-OH is 2. The van der Waals surface area contributed by atoms with Gasteiger partial charge in [-0.15, -0.1) is 6.58 Å². The standard InChI is InChI=1S/C48H54N2O9/c1-4-24-56-48-44(50(3)47(53)34-17-20-42-43(27-34)55-30-54-42)29-40(49-57-5-2)38-26-33(14-8-10-22-51)37(15-9-11-23-52)45(46(38)48)39-28-36(19-21-41(39)59-48)58-35-18-16-31-12-6-7-13-32(31)25-35/h4,6-7,12-13,16-21,25-28,33,37,44-46,51-52H,1,5,8-11,14-15,22-24,29-30H2,2-3H3/t33-,37+,44-,45+,46+,48+/m0/s1. The Morgan fingerprint density at radius 3 is 2.46 bits per heavy atom. The van der Waals surface area contributed by atoms with E-state index in [1.165, 1.54) is 0 Å². The first kappa shape index (κ1) is 40.4. The highest BCUT2D eigenvalue weighted by Crippen LogP contribution is 2.62. The first-order valence-electron chi connectivity index (χ1n) is 20.9. The smallest absolute Gasteiger partial charge is 0.254 e. The van der Waals surface area contributed by atoms with Crippen LogP contribution < -0.4 is 18.9 Å². The van der Waals surface area contributed by atoms with Crippen molar-refractivity contribution >= 4 is 22.4 Å². The second-order valence-electron chi connectivity index (χ2n) is 15.8. The number of unbranched alkanes of at least 4 members (excludes halogenated alkanes) is 2. The van der Waals surface area contributed by atoms with E-state index in [0.29, 0.717) is 54.4 Å². The molecule has 1 fully saturated rings. The van der Waals surface area contributed by atoms with Crippen molar-refractivity contribution in [2.45, 2.75) is 69.6 Å². The number of allylic oxidation sites excluding steroid dienone is 1. The Bertz CT molecular complexity index is 2220. The number of hydrogen-bond donors (Lipinski definition) is 2. The van der Waals surface area contributed by atoms with Crippen molar-refractivity contribution in [3.8, 4) is 28.7 Å². The summed E-state index contributed by atoms with van der Waals surface area (Å²) in [5.74, 6) is 1.16. The molecule has 0 aromatic heterocycles. The van der Waals surface area contributed by atoms with Gasteiger partial charge in [-0.25, -0.2) is 0 Å². The molecule has 59 heavy (non-hydrogen) atoms. The topological polar surface area (TPSA) is 129 Å². The number of aliphatic hydroxyl groups is 2. The van der Waals surface area contributed by atoms with Gasteiger partial charge in [0.1, 0.15) is 29.9 Å². The van der Waals surface area contributed by atoms with E-state index in [2.05, 4.69) is 36.9 Å². The van der Waals surface area contributed by atoms with Gasteiger partial charge in [-0.2, -0.15) is 0 Å². The van der Waals surface area contributed by atoms with Crippen LogP contribution in [0.4, 0.5) is 0 Å². The van der Waals surface area contributed by atoms with Crippen LogP contribution in [0.2, 0.25) is 0 Å². The van der Waals surface area contributed by atoms with Gasteiger partial charge in [-0.3, -0.25) is 4.79 Å². The maximum absolute atomic E-state index is 14.6. The summed E-state index contributed by atoms with van der Waals surface area (Å²) in [6, 6.07) is 24.8. The van der Waals surface area contributed by atoms with Crippen LogP contribution in [0, 0.1) is 17.8 Å². The molecule has 6 atom stereocenters. The molecule has 2 aliphatic heterocycles. The molecule has 0 saturated heterocycles. The van der Waals surface area contributed by atoms with E-state index in [1.54, 1.807) is 36.2 Å². The lowest BCUT2D eigenvalue weighted by Gasteiger charge is -2.59. The number of fused-ring (bicyclic) bond motifs is 4. The molecule has 4 aromatic rings. The van der Waals surface area contributed by atoms with E-state index >= 15 is 0 Å². The number of amides is 1. The van der Waals surface area contributed by atoms with Crippen molar-refractivity contribution in [3.63, 3.8) is 0 Å². The van der Waals surface area contributed by atoms with E-state index in [-0.39, 0.29) is 50.3 Å². The first-order chi connectivity index (χ1) is 28.9. The molecule has 8 rings (SSSR count). The van der Waals surface area contributed by atoms with Crippen molar-refractivity contribution in [1.82, 2.24) is 4.90 Å². The van der Waals surface area contributed by atoms with Crippen LogP contribution in [0.25, 0.3) is 10.8 Å². The Hall–Kier alpha value is -5.36. The molecule has 2 aliphatic carbocycles. The van der Waals surface area contributed by atoms with Gasteiger partial charge >= 0.3 is 0 Å². The van der Waals surface area contributed by atoms with Crippen molar-refractivity contribution in [3.05, 3.63) is 114 Å². The Balaban J connectivity index is 1.29. The third-order valence-electron chi connectivity index (χ3n) is 12.3. The molecular weight excluding hydrogens is 749 g/mol. The van der Waals surface area contributed by atoms with Crippen LogP contribution in [0.15, 0.2) is 108 Å². The van der Waals surface area contributed by atoms with Crippen LogP contribution in [0.3, 0.4) is 0 Å². The molecule has 0 spiro atoms. The summed E-state index contributed by atoms with van der Waals surface area (Å²) in [6.07, 6.45) is 9.08.